The molecule has 0 spiro atoms. The van der Waals surface area contributed by atoms with E-state index in [2.05, 4.69) is 39.2 Å². The van der Waals surface area contributed by atoms with Gasteiger partial charge in [0.15, 0.2) is 0 Å². The lowest BCUT2D eigenvalue weighted by Gasteiger charge is -2.26. The number of carbonyl (C=O) groups excluding carboxylic acids is 5. The fraction of sp³-hybridized carbons (Fsp3) is 0.333. The second-order valence-corrected chi connectivity index (χ2v) is 12.2. The van der Waals surface area contributed by atoms with Gasteiger partial charge in [0.05, 0.1) is 12.6 Å². The maximum absolute atomic E-state index is 13.6. The van der Waals surface area contributed by atoms with E-state index < -0.39 is 78.4 Å². The number of thiol groups is 1. The highest BCUT2D eigenvalue weighted by Crippen LogP contribution is 2.08. The Morgan fingerprint density at radius 1 is 0.569 bits per heavy atom. The zero-order valence-electron chi connectivity index (χ0n) is 28.0. The molecule has 0 aliphatic carbocycles. The zero-order chi connectivity index (χ0) is 37.3. The van der Waals surface area contributed by atoms with E-state index in [0.29, 0.717) is 11.1 Å². The van der Waals surface area contributed by atoms with Gasteiger partial charge in [-0.2, -0.15) is 12.6 Å². The third-order valence-electron chi connectivity index (χ3n) is 7.83. The van der Waals surface area contributed by atoms with Crippen molar-refractivity contribution in [1.29, 1.82) is 0 Å². The summed E-state index contributed by atoms with van der Waals surface area (Å²) < 4.78 is 0. The van der Waals surface area contributed by atoms with Gasteiger partial charge in [-0.15, -0.1) is 0 Å². The molecule has 3 rings (SSSR count). The summed E-state index contributed by atoms with van der Waals surface area (Å²) >= 11 is 3.98. The average molecular weight is 721 g/mol. The molecule has 0 saturated carbocycles. The lowest BCUT2D eigenvalue weighted by atomic mass is 10.0. The van der Waals surface area contributed by atoms with Crippen LogP contribution in [0.25, 0.3) is 0 Å². The van der Waals surface area contributed by atoms with Gasteiger partial charge in [-0.1, -0.05) is 91.0 Å². The molecule has 0 aromatic heterocycles. The van der Waals surface area contributed by atoms with Gasteiger partial charge in [0.25, 0.3) is 0 Å². The lowest BCUT2D eigenvalue weighted by Crippen LogP contribution is -2.60. The van der Waals surface area contributed by atoms with Crippen molar-refractivity contribution in [1.82, 2.24) is 26.6 Å². The second-order valence-electron chi connectivity index (χ2n) is 11.9. The summed E-state index contributed by atoms with van der Waals surface area (Å²) in [5, 5.41) is 31.8. The molecule has 0 radical (unpaired) electrons. The van der Waals surface area contributed by atoms with Gasteiger partial charge < -0.3 is 42.5 Å². The zero-order valence-corrected chi connectivity index (χ0v) is 28.9. The number of carboxylic acids is 1. The standard InChI is InChI=1S/C36H44N6O8S/c1-22(31(44)39-28(19-25-15-9-4-10-16-25)34(47)42-30(21-51)36(49)50)38-33(46)27(18-24-13-7-3-8-14-24)40-35(48)29(20-43)41-32(45)26(37)17-23-11-5-2-6-12-23/h2-16,22,26-30,43,51H,17-21,37H2,1H3,(H,38,46)(H,39,44)(H,40,48)(H,41,45)(H,42,47)(H,49,50)/t22-,26-,27-,28-,29-,30-/m0/s1. The van der Waals surface area contributed by atoms with Gasteiger partial charge >= 0.3 is 5.97 Å². The number of hydrogen-bond acceptors (Lipinski definition) is 9. The molecule has 272 valence electrons. The Morgan fingerprint density at radius 2 is 0.941 bits per heavy atom. The van der Waals surface area contributed by atoms with Crippen molar-refractivity contribution in [3.63, 3.8) is 0 Å². The quantitative estimate of drug-likeness (QED) is 0.0726. The fourth-order valence-corrected chi connectivity index (χ4v) is 5.21. The Labute approximate surface area is 301 Å². The minimum Gasteiger partial charge on any atom is -0.480 e. The van der Waals surface area contributed by atoms with Crippen molar-refractivity contribution in [2.24, 2.45) is 5.73 Å². The van der Waals surface area contributed by atoms with Crippen molar-refractivity contribution >= 4 is 48.1 Å². The molecule has 14 nitrogen and oxygen atoms in total. The minimum atomic E-state index is -1.43. The largest absolute Gasteiger partial charge is 0.480 e. The average Bonchev–Trinajstić information content (AvgIpc) is 3.12. The highest BCUT2D eigenvalue weighted by molar-refractivity contribution is 7.80. The predicted molar refractivity (Wildman–Crippen MR) is 192 cm³/mol. The van der Waals surface area contributed by atoms with Crippen molar-refractivity contribution in [2.45, 2.75) is 62.4 Å². The molecule has 0 aliphatic rings. The van der Waals surface area contributed by atoms with Crippen LogP contribution in [-0.2, 0) is 48.0 Å². The van der Waals surface area contributed by atoms with Crippen molar-refractivity contribution in [2.75, 3.05) is 12.4 Å². The molecule has 0 saturated heterocycles. The normalized spacial score (nSPS) is 14.4. The van der Waals surface area contributed by atoms with E-state index in [-0.39, 0.29) is 25.0 Å². The molecular weight excluding hydrogens is 676 g/mol. The predicted octanol–water partition coefficient (Wildman–Crippen LogP) is -0.508. The van der Waals surface area contributed by atoms with E-state index in [4.69, 9.17) is 5.73 Å². The molecule has 6 atom stereocenters. The van der Waals surface area contributed by atoms with E-state index in [9.17, 15) is 39.0 Å². The number of amides is 5. The Balaban J connectivity index is 1.72. The molecule has 51 heavy (non-hydrogen) atoms. The molecule has 0 unspecified atom stereocenters. The maximum Gasteiger partial charge on any atom is 0.327 e. The fourth-order valence-electron chi connectivity index (χ4n) is 4.96. The summed E-state index contributed by atoms with van der Waals surface area (Å²) in [4.78, 5) is 77.6. The Bertz CT molecular complexity index is 1620. The summed E-state index contributed by atoms with van der Waals surface area (Å²) in [6.07, 6.45) is 0.203. The van der Waals surface area contributed by atoms with Crippen LogP contribution >= 0.6 is 12.6 Å². The number of aliphatic hydroxyl groups is 1. The number of benzene rings is 3. The van der Waals surface area contributed by atoms with Crippen molar-refractivity contribution < 1.29 is 39.0 Å². The van der Waals surface area contributed by atoms with Crippen LogP contribution < -0.4 is 32.3 Å². The number of nitrogens with two attached hydrogens (primary N) is 1. The van der Waals surface area contributed by atoms with Gasteiger partial charge in [0.1, 0.15) is 30.2 Å². The van der Waals surface area contributed by atoms with Crippen LogP contribution in [0.4, 0.5) is 0 Å². The number of rotatable bonds is 19. The Hall–Kier alpha value is -5.25. The molecule has 5 amide bonds. The number of aliphatic carboxylic acids is 1. The number of carboxylic acid groups (broad SMARTS) is 1. The first-order valence-corrected chi connectivity index (χ1v) is 16.9. The summed E-state index contributed by atoms with van der Waals surface area (Å²) in [7, 11) is 0. The highest BCUT2D eigenvalue weighted by Gasteiger charge is 2.31. The SMILES string of the molecule is C[C@H](NC(=O)[C@H](Cc1ccccc1)NC(=O)[C@H](CO)NC(=O)[C@@H](N)Cc1ccccc1)C(=O)N[C@@H](Cc1ccccc1)C(=O)N[C@@H](CS)C(=O)O. The summed E-state index contributed by atoms with van der Waals surface area (Å²) in [5.41, 5.74) is 8.20. The Kier molecular flexibility index (Phi) is 16.1. The van der Waals surface area contributed by atoms with Crippen LogP contribution in [0.5, 0.6) is 0 Å². The van der Waals surface area contributed by atoms with Crippen molar-refractivity contribution in [3.05, 3.63) is 108 Å². The van der Waals surface area contributed by atoms with E-state index in [1.54, 1.807) is 84.9 Å². The van der Waals surface area contributed by atoms with Crippen LogP contribution in [0.3, 0.4) is 0 Å². The van der Waals surface area contributed by atoms with Crippen LogP contribution in [0.1, 0.15) is 23.6 Å². The first-order valence-electron chi connectivity index (χ1n) is 16.3. The number of aliphatic hydroxyl groups excluding tert-OH is 1. The number of carbonyl (C=O) groups is 6. The third-order valence-corrected chi connectivity index (χ3v) is 8.20. The molecule has 0 aliphatic heterocycles. The van der Waals surface area contributed by atoms with Gasteiger partial charge in [-0.25, -0.2) is 4.79 Å². The molecule has 9 N–H and O–H groups in total. The molecule has 3 aromatic rings. The van der Waals surface area contributed by atoms with Crippen LogP contribution in [-0.4, -0.2) is 94.3 Å². The van der Waals surface area contributed by atoms with Gasteiger partial charge in [-0.05, 0) is 30.0 Å². The highest BCUT2D eigenvalue weighted by atomic mass is 32.1. The van der Waals surface area contributed by atoms with E-state index in [0.717, 1.165) is 5.56 Å². The first-order chi connectivity index (χ1) is 24.4. The van der Waals surface area contributed by atoms with E-state index in [1.807, 2.05) is 6.07 Å². The maximum atomic E-state index is 13.6. The number of nitrogens with one attached hydrogen (secondary N) is 5. The van der Waals surface area contributed by atoms with E-state index in [1.165, 1.54) is 6.92 Å². The smallest absolute Gasteiger partial charge is 0.327 e. The van der Waals surface area contributed by atoms with Crippen LogP contribution in [0.2, 0.25) is 0 Å². The summed E-state index contributed by atoms with van der Waals surface area (Å²) in [6, 6.07) is 19.1. The molecule has 0 heterocycles. The van der Waals surface area contributed by atoms with E-state index >= 15 is 0 Å². The molecule has 3 aromatic carbocycles. The topological polar surface area (TPSA) is 229 Å². The van der Waals surface area contributed by atoms with Gasteiger partial charge in [-0.3, -0.25) is 24.0 Å². The number of hydrogen-bond donors (Lipinski definition) is 9. The van der Waals surface area contributed by atoms with Gasteiger partial charge in [0, 0.05) is 18.6 Å². The van der Waals surface area contributed by atoms with Crippen LogP contribution in [0, 0.1) is 0 Å². The molecule has 15 heteroatoms. The first kappa shape index (κ1) is 40.2. The van der Waals surface area contributed by atoms with Gasteiger partial charge in [0.2, 0.25) is 29.5 Å². The van der Waals surface area contributed by atoms with Crippen LogP contribution in [0.15, 0.2) is 91.0 Å². The lowest BCUT2D eigenvalue weighted by molar-refractivity contribution is -0.141. The minimum absolute atomic E-state index is 0.00822. The molecular formula is C36H44N6O8S. The summed E-state index contributed by atoms with van der Waals surface area (Å²) in [6.45, 7) is 0.597. The monoisotopic (exact) mass is 720 g/mol. The molecule has 0 bridgehead atoms. The second kappa shape index (κ2) is 20.4. The third kappa shape index (κ3) is 13.2. The molecule has 0 fully saturated rings. The Morgan fingerprint density at radius 3 is 1.37 bits per heavy atom. The summed E-state index contributed by atoms with van der Waals surface area (Å²) in [5.74, 6) is -5.30. The van der Waals surface area contributed by atoms with Crippen molar-refractivity contribution in [3.8, 4) is 0 Å².